The molecule has 1 N–H and O–H groups in total. The standard InChI is InChI=1S/C20H29N3O2/c1-14(2)23-19(8-9-22-23)17-7-5-4-6-16(17)13-25-20-11-21-10-15(3)18(20)12-24/h8-11,14,16-17,24H,4-7,12-13H2,1-3H3. The van der Waals surface area contributed by atoms with Crippen molar-refractivity contribution in [2.75, 3.05) is 6.61 Å². The number of pyridine rings is 1. The number of hydrogen-bond acceptors (Lipinski definition) is 4. The molecule has 0 bridgehead atoms. The van der Waals surface area contributed by atoms with E-state index in [1.54, 1.807) is 12.4 Å². The molecule has 0 radical (unpaired) electrons. The number of aliphatic hydroxyl groups is 1. The fraction of sp³-hybridized carbons (Fsp3) is 0.600. The van der Waals surface area contributed by atoms with E-state index in [4.69, 9.17) is 4.74 Å². The molecule has 2 aromatic heterocycles. The Morgan fingerprint density at radius 3 is 2.84 bits per heavy atom. The largest absolute Gasteiger partial charge is 0.491 e. The Morgan fingerprint density at radius 1 is 1.28 bits per heavy atom. The summed E-state index contributed by atoms with van der Waals surface area (Å²) in [5.74, 6) is 1.66. The molecule has 25 heavy (non-hydrogen) atoms. The molecule has 1 saturated carbocycles. The minimum atomic E-state index is -0.0160. The summed E-state index contributed by atoms with van der Waals surface area (Å²) < 4.78 is 8.27. The van der Waals surface area contributed by atoms with Gasteiger partial charge in [-0.1, -0.05) is 12.8 Å². The third-order valence-corrected chi connectivity index (χ3v) is 5.32. The summed E-state index contributed by atoms with van der Waals surface area (Å²) >= 11 is 0. The molecule has 3 rings (SSSR count). The van der Waals surface area contributed by atoms with E-state index < -0.39 is 0 Å². The average molecular weight is 343 g/mol. The molecule has 1 aliphatic rings. The van der Waals surface area contributed by atoms with Crippen molar-refractivity contribution in [2.45, 2.75) is 65.0 Å². The molecule has 5 nitrogen and oxygen atoms in total. The van der Waals surface area contributed by atoms with Crippen molar-refractivity contribution in [1.82, 2.24) is 14.8 Å². The fourth-order valence-electron chi connectivity index (χ4n) is 3.94. The fourth-order valence-corrected chi connectivity index (χ4v) is 3.94. The van der Waals surface area contributed by atoms with Gasteiger partial charge in [0, 0.05) is 41.5 Å². The Labute approximate surface area is 150 Å². The van der Waals surface area contributed by atoms with E-state index in [1.807, 2.05) is 13.1 Å². The molecule has 0 aromatic carbocycles. The summed E-state index contributed by atoms with van der Waals surface area (Å²) in [6.45, 7) is 6.95. The van der Waals surface area contributed by atoms with Gasteiger partial charge in [-0.3, -0.25) is 9.67 Å². The maximum absolute atomic E-state index is 9.62. The second kappa shape index (κ2) is 8.00. The van der Waals surface area contributed by atoms with Crippen molar-refractivity contribution >= 4 is 0 Å². The first-order valence-corrected chi connectivity index (χ1v) is 9.32. The predicted octanol–water partition coefficient (Wildman–Crippen LogP) is 4.01. The smallest absolute Gasteiger partial charge is 0.143 e. The minimum absolute atomic E-state index is 0.0160. The minimum Gasteiger partial charge on any atom is -0.491 e. The SMILES string of the molecule is Cc1cncc(OCC2CCCCC2c2ccnn2C(C)C)c1CO. The highest BCUT2D eigenvalue weighted by Crippen LogP contribution is 2.39. The van der Waals surface area contributed by atoms with Crippen LogP contribution < -0.4 is 4.74 Å². The van der Waals surface area contributed by atoms with Gasteiger partial charge in [-0.25, -0.2) is 0 Å². The van der Waals surface area contributed by atoms with Crippen LogP contribution in [0.15, 0.2) is 24.7 Å². The van der Waals surface area contributed by atoms with E-state index in [0.29, 0.717) is 30.2 Å². The van der Waals surface area contributed by atoms with Gasteiger partial charge in [0.25, 0.3) is 0 Å². The zero-order valence-electron chi connectivity index (χ0n) is 15.5. The van der Waals surface area contributed by atoms with Crippen molar-refractivity contribution in [1.29, 1.82) is 0 Å². The van der Waals surface area contributed by atoms with Crippen LogP contribution in [0.3, 0.4) is 0 Å². The van der Waals surface area contributed by atoms with Gasteiger partial charge in [0.1, 0.15) is 5.75 Å². The van der Waals surface area contributed by atoms with Crippen molar-refractivity contribution in [3.8, 4) is 5.75 Å². The zero-order chi connectivity index (χ0) is 17.8. The lowest BCUT2D eigenvalue weighted by molar-refractivity contribution is 0.175. The summed E-state index contributed by atoms with van der Waals surface area (Å²) in [6.07, 6.45) is 10.3. The third kappa shape index (κ3) is 3.87. The number of rotatable bonds is 6. The quantitative estimate of drug-likeness (QED) is 0.861. The Bertz CT molecular complexity index is 696. The Morgan fingerprint density at radius 2 is 2.08 bits per heavy atom. The number of hydrogen-bond donors (Lipinski definition) is 1. The lowest BCUT2D eigenvalue weighted by Gasteiger charge is -2.32. The van der Waals surface area contributed by atoms with Crippen LogP contribution in [0, 0.1) is 12.8 Å². The molecule has 0 spiro atoms. The first-order valence-electron chi connectivity index (χ1n) is 9.32. The topological polar surface area (TPSA) is 60.2 Å². The van der Waals surface area contributed by atoms with E-state index in [1.165, 1.54) is 31.4 Å². The highest BCUT2D eigenvalue weighted by Gasteiger charge is 2.30. The summed E-state index contributed by atoms with van der Waals surface area (Å²) in [6, 6.07) is 2.53. The molecule has 2 atom stereocenters. The Balaban J connectivity index is 1.76. The van der Waals surface area contributed by atoms with Crippen LogP contribution in [0.1, 0.15) is 68.3 Å². The highest BCUT2D eigenvalue weighted by molar-refractivity contribution is 5.35. The monoisotopic (exact) mass is 343 g/mol. The van der Waals surface area contributed by atoms with Gasteiger partial charge >= 0.3 is 0 Å². The average Bonchev–Trinajstić information content (AvgIpc) is 3.10. The van der Waals surface area contributed by atoms with Gasteiger partial charge < -0.3 is 9.84 Å². The zero-order valence-corrected chi connectivity index (χ0v) is 15.5. The van der Waals surface area contributed by atoms with E-state index in [0.717, 1.165) is 11.1 Å². The summed E-state index contributed by atoms with van der Waals surface area (Å²) in [5.41, 5.74) is 3.14. The Hall–Kier alpha value is -1.88. The molecule has 1 fully saturated rings. The van der Waals surface area contributed by atoms with Crippen LogP contribution in [0.2, 0.25) is 0 Å². The van der Waals surface area contributed by atoms with Gasteiger partial charge in [-0.15, -0.1) is 0 Å². The van der Waals surface area contributed by atoms with E-state index in [9.17, 15) is 5.11 Å². The van der Waals surface area contributed by atoms with E-state index >= 15 is 0 Å². The van der Waals surface area contributed by atoms with Crippen LogP contribution in [0.4, 0.5) is 0 Å². The molecular weight excluding hydrogens is 314 g/mol. The van der Waals surface area contributed by atoms with Gasteiger partial charge in [-0.2, -0.15) is 5.10 Å². The van der Waals surface area contributed by atoms with Gasteiger partial charge in [0.05, 0.1) is 19.4 Å². The van der Waals surface area contributed by atoms with Crippen molar-refractivity contribution in [3.63, 3.8) is 0 Å². The number of ether oxygens (including phenoxy) is 1. The maximum atomic E-state index is 9.62. The molecule has 2 unspecified atom stereocenters. The maximum Gasteiger partial charge on any atom is 0.143 e. The lowest BCUT2D eigenvalue weighted by Crippen LogP contribution is -2.26. The van der Waals surface area contributed by atoms with Crippen molar-refractivity contribution in [2.24, 2.45) is 5.92 Å². The lowest BCUT2D eigenvalue weighted by atomic mass is 9.77. The first-order chi connectivity index (χ1) is 12.1. The van der Waals surface area contributed by atoms with Gasteiger partial charge in [0.15, 0.2) is 0 Å². The second-order valence-electron chi connectivity index (χ2n) is 7.35. The third-order valence-electron chi connectivity index (χ3n) is 5.32. The van der Waals surface area contributed by atoms with Crippen LogP contribution in [0.25, 0.3) is 0 Å². The van der Waals surface area contributed by atoms with E-state index in [2.05, 4.69) is 34.7 Å². The molecular formula is C20H29N3O2. The second-order valence-corrected chi connectivity index (χ2v) is 7.35. The number of nitrogens with zero attached hydrogens (tertiary/aromatic N) is 3. The molecule has 0 aliphatic heterocycles. The Kier molecular flexibility index (Phi) is 5.74. The highest BCUT2D eigenvalue weighted by atomic mass is 16.5. The molecule has 0 saturated heterocycles. The normalized spacial score (nSPS) is 20.8. The first kappa shape index (κ1) is 17.9. The molecule has 5 heteroatoms. The van der Waals surface area contributed by atoms with Crippen LogP contribution in [-0.4, -0.2) is 26.5 Å². The molecule has 2 aromatic rings. The summed E-state index contributed by atoms with van der Waals surface area (Å²) in [4.78, 5) is 4.21. The van der Waals surface area contributed by atoms with Gasteiger partial charge in [0.2, 0.25) is 0 Å². The van der Waals surface area contributed by atoms with Crippen LogP contribution in [-0.2, 0) is 6.61 Å². The number of aliphatic hydroxyl groups excluding tert-OH is 1. The number of aryl methyl sites for hydroxylation is 1. The van der Waals surface area contributed by atoms with Crippen molar-refractivity contribution < 1.29 is 9.84 Å². The summed E-state index contributed by atoms with van der Waals surface area (Å²) in [7, 11) is 0. The van der Waals surface area contributed by atoms with Crippen molar-refractivity contribution in [3.05, 3.63) is 41.5 Å². The predicted molar refractivity (Wildman–Crippen MR) is 97.7 cm³/mol. The summed E-state index contributed by atoms with van der Waals surface area (Å²) in [5, 5.41) is 14.1. The molecule has 1 aliphatic carbocycles. The van der Waals surface area contributed by atoms with Crippen LogP contribution >= 0.6 is 0 Å². The number of aromatic nitrogens is 3. The van der Waals surface area contributed by atoms with Crippen LogP contribution in [0.5, 0.6) is 5.75 Å². The van der Waals surface area contributed by atoms with E-state index in [-0.39, 0.29) is 6.61 Å². The van der Waals surface area contributed by atoms with Gasteiger partial charge in [-0.05, 0) is 45.2 Å². The molecule has 2 heterocycles. The molecule has 136 valence electrons. The molecule has 0 amide bonds.